The van der Waals surface area contributed by atoms with Crippen LogP contribution in [0, 0.1) is 6.92 Å². The number of phenolic OH excluding ortho intramolecular Hbond substituents is 1. The van der Waals surface area contributed by atoms with Gasteiger partial charge < -0.3 is 10.8 Å². The number of nitrogens with two attached hydrogens (primary N) is 1. The number of Topliss-reactive ketones (excluding diaryl/α,β-unsaturated/α-hetero) is 1. The summed E-state index contributed by atoms with van der Waals surface area (Å²) in [4.78, 5) is 11.6. The highest BCUT2D eigenvalue weighted by atomic mass is 79.9. The summed E-state index contributed by atoms with van der Waals surface area (Å²) < 4.78 is 0.791. The second-order valence-electron chi connectivity index (χ2n) is 3.22. The molecule has 0 aromatic heterocycles. The van der Waals surface area contributed by atoms with Gasteiger partial charge in [0.1, 0.15) is 5.75 Å². The molecule has 1 aromatic rings. The van der Waals surface area contributed by atoms with Crippen LogP contribution in [0.4, 0.5) is 0 Å². The predicted octanol–water partition coefficient (Wildman–Crippen LogP) is 1.99. The van der Waals surface area contributed by atoms with Crippen molar-refractivity contribution >= 4 is 21.7 Å². The van der Waals surface area contributed by atoms with Crippen LogP contribution in [0.1, 0.15) is 22.8 Å². The molecule has 0 radical (unpaired) electrons. The summed E-state index contributed by atoms with van der Waals surface area (Å²) in [6.07, 6.45) is 0. The number of benzene rings is 1. The molecule has 0 spiro atoms. The normalized spacial score (nSPS) is 12.6. The van der Waals surface area contributed by atoms with E-state index in [1.165, 1.54) is 6.07 Å². The second kappa shape index (κ2) is 4.11. The molecule has 0 fully saturated rings. The van der Waals surface area contributed by atoms with E-state index in [9.17, 15) is 9.90 Å². The molecule has 0 saturated carbocycles. The zero-order valence-electron chi connectivity index (χ0n) is 8.04. The number of rotatable bonds is 2. The molecule has 0 aliphatic rings. The third-order valence-corrected chi connectivity index (χ3v) is 2.90. The van der Waals surface area contributed by atoms with Crippen molar-refractivity contribution in [1.82, 2.24) is 0 Å². The molecule has 0 aliphatic carbocycles. The van der Waals surface area contributed by atoms with Crippen LogP contribution in [-0.2, 0) is 0 Å². The van der Waals surface area contributed by atoms with E-state index in [0.717, 1.165) is 4.47 Å². The quantitative estimate of drug-likeness (QED) is 0.797. The third-order valence-electron chi connectivity index (χ3n) is 2.04. The molecule has 0 amide bonds. The van der Waals surface area contributed by atoms with E-state index in [4.69, 9.17) is 5.73 Å². The molecule has 4 heteroatoms. The smallest absolute Gasteiger partial charge is 0.183 e. The number of aromatic hydroxyl groups is 1. The fourth-order valence-electron chi connectivity index (χ4n) is 1.21. The lowest BCUT2D eigenvalue weighted by atomic mass is 10.00. The van der Waals surface area contributed by atoms with E-state index in [1.807, 2.05) is 0 Å². The van der Waals surface area contributed by atoms with Gasteiger partial charge in [-0.2, -0.15) is 0 Å². The van der Waals surface area contributed by atoms with E-state index in [2.05, 4.69) is 15.9 Å². The molecule has 1 aromatic carbocycles. The van der Waals surface area contributed by atoms with Crippen LogP contribution in [-0.4, -0.2) is 16.9 Å². The maximum atomic E-state index is 11.6. The zero-order valence-corrected chi connectivity index (χ0v) is 9.63. The van der Waals surface area contributed by atoms with Gasteiger partial charge in [-0.05, 0) is 31.5 Å². The summed E-state index contributed by atoms with van der Waals surface area (Å²) in [5.74, 6) is -0.269. The molecule has 0 heterocycles. The second-order valence-corrected chi connectivity index (χ2v) is 4.07. The average Bonchev–Trinajstić information content (AvgIpc) is 2.12. The third kappa shape index (κ3) is 1.96. The lowest BCUT2D eigenvalue weighted by Crippen LogP contribution is -2.27. The van der Waals surface area contributed by atoms with E-state index < -0.39 is 6.04 Å². The van der Waals surface area contributed by atoms with Crippen molar-refractivity contribution in [1.29, 1.82) is 0 Å². The van der Waals surface area contributed by atoms with Crippen molar-refractivity contribution in [3.8, 4) is 5.75 Å². The summed E-state index contributed by atoms with van der Waals surface area (Å²) in [5, 5.41) is 9.54. The molecule has 1 unspecified atom stereocenters. The first-order chi connectivity index (χ1) is 6.45. The van der Waals surface area contributed by atoms with Crippen LogP contribution < -0.4 is 5.73 Å². The first-order valence-electron chi connectivity index (χ1n) is 4.23. The van der Waals surface area contributed by atoms with Crippen molar-refractivity contribution in [2.75, 3.05) is 0 Å². The number of ketones is 1. The highest BCUT2D eigenvalue weighted by Crippen LogP contribution is 2.28. The molecular formula is C10H12BrNO2. The summed E-state index contributed by atoms with van der Waals surface area (Å²) in [5.41, 5.74) is 6.50. The molecule has 14 heavy (non-hydrogen) atoms. The SMILES string of the molecule is Cc1c(Br)ccc(O)c1C(=O)C(C)N. The van der Waals surface area contributed by atoms with Crippen LogP contribution in [0.25, 0.3) is 0 Å². The molecule has 1 atom stereocenters. The number of carbonyl (C=O) groups is 1. The number of hydrogen-bond acceptors (Lipinski definition) is 3. The fraction of sp³-hybridized carbons (Fsp3) is 0.300. The van der Waals surface area contributed by atoms with Crippen LogP contribution in [0.3, 0.4) is 0 Å². The van der Waals surface area contributed by atoms with Gasteiger partial charge in [-0.1, -0.05) is 15.9 Å². The molecule has 0 bridgehead atoms. The predicted molar refractivity (Wildman–Crippen MR) is 58.5 cm³/mol. The van der Waals surface area contributed by atoms with Crippen LogP contribution in [0.5, 0.6) is 5.75 Å². The number of hydrogen-bond donors (Lipinski definition) is 2. The first-order valence-corrected chi connectivity index (χ1v) is 5.02. The molecule has 76 valence electrons. The van der Waals surface area contributed by atoms with Crippen LogP contribution in [0.15, 0.2) is 16.6 Å². The highest BCUT2D eigenvalue weighted by molar-refractivity contribution is 9.10. The average molecular weight is 258 g/mol. The fourth-order valence-corrected chi connectivity index (χ4v) is 1.54. The monoisotopic (exact) mass is 257 g/mol. The van der Waals surface area contributed by atoms with Gasteiger partial charge in [0.25, 0.3) is 0 Å². The van der Waals surface area contributed by atoms with Crippen molar-refractivity contribution in [3.05, 3.63) is 27.7 Å². The Kier molecular flexibility index (Phi) is 3.29. The van der Waals surface area contributed by atoms with Gasteiger partial charge >= 0.3 is 0 Å². The molecule has 3 N–H and O–H groups in total. The van der Waals surface area contributed by atoms with Crippen molar-refractivity contribution in [3.63, 3.8) is 0 Å². The largest absolute Gasteiger partial charge is 0.507 e. The minimum absolute atomic E-state index is 0.0204. The Hall–Kier alpha value is -0.870. The lowest BCUT2D eigenvalue weighted by molar-refractivity contribution is 0.0964. The number of halogens is 1. The highest BCUT2D eigenvalue weighted by Gasteiger charge is 2.18. The Labute approximate surface area is 91.1 Å². The molecule has 0 aliphatic heterocycles. The minimum Gasteiger partial charge on any atom is -0.507 e. The van der Waals surface area contributed by atoms with E-state index in [0.29, 0.717) is 11.1 Å². The maximum Gasteiger partial charge on any atom is 0.183 e. The van der Waals surface area contributed by atoms with Crippen molar-refractivity contribution < 1.29 is 9.90 Å². The molecular weight excluding hydrogens is 246 g/mol. The lowest BCUT2D eigenvalue weighted by Gasteiger charge is -2.10. The van der Waals surface area contributed by atoms with Gasteiger partial charge in [-0.25, -0.2) is 0 Å². The number of carbonyl (C=O) groups excluding carboxylic acids is 1. The topological polar surface area (TPSA) is 63.3 Å². The molecule has 0 saturated heterocycles. The molecule has 1 rings (SSSR count). The van der Waals surface area contributed by atoms with Crippen molar-refractivity contribution in [2.24, 2.45) is 5.73 Å². The van der Waals surface area contributed by atoms with Crippen molar-refractivity contribution in [2.45, 2.75) is 19.9 Å². The summed E-state index contributed by atoms with van der Waals surface area (Å²) in [7, 11) is 0. The minimum atomic E-state index is -0.603. The van der Waals surface area contributed by atoms with Gasteiger partial charge in [-0.15, -0.1) is 0 Å². The molecule has 3 nitrogen and oxygen atoms in total. The van der Waals surface area contributed by atoms with E-state index in [1.54, 1.807) is 19.9 Å². The van der Waals surface area contributed by atoms with Gasteiger partial charge in [0.05, 0.1) is 11.6 Å². The summed E-state index contributed by atoms with van der Waals surface area (Å²) in [6, 6.07) is 2.57. The summed E-state index contributed by atoms with van der Waals surface area (Å²) in [6.45, 7) is 3.36. The van der Waals surface area contributed by atoms with Gasteiger partial charge in [0.2, 0.25) is 0 Å². The Balaban J connectivity index is 3.33. The standard InChI is InChI=1S/C10H12BrNO2/c1-5-7(11)3-4-8(13)9(5)10(14)6(2)12/h3-4,6,13H,12H2,1-2H3. The summed E-state index contributed by atoms with van der Waals surface area (Å²) >= 11 is 3.29. The number of phenols is 1. The van der Waals surface area contributed by atoms with E-state index in [-0.39, 0.29) is 11.5 Å². The Bertz CT molecular complexity index is 375. The Morgan fingerprint density at radius 1 is 1.57 bits per heavy atom. The Morgan fingerprint density at radius 3 is 2.64 bits per heavy atom. The van der Waals surface area contributed by atoms with E-state index >= 15 is 0 Å². The Morgan fingerprint density at radius 2 is 2.14 bits per heavy atom. The first kappa shape index (κ1) is 11.2. The van der Waals surface area contributed by atoms with Crippen LogP contribution in [0.2, 0.25) is 0 Å². The van der Waals surface area contributed by atoms with Crippen LogP contribution >= 0.6 is 15.9 Å². The van der Waals surface area contributed by atoms with Gasteiger partial charge in [0, 0.05) is 4.47 Å². The maximum absolute atomic E-state index is 11.6. The zero-order chi connectivity index (χ0) is 10.9. The van der Waals surface area contributed by atoms with Gasteiger partial charge in [-0.3, -0.25) is 4.79 Å². The van der Waals surface area contributed by atoms with Gasteiger partial charge in [0.15, 0.2) is 5.78 Å².